The van der Waals surface area contributed by atoms with Gasteiger partial charge >= 0.3 is 0 Å². The molecule has 0 radical (unpaired) electrons. The van der Waals surface area contributed by atoms with Crippen molar-refractivity contribution in [1.82, 2.24) is 15.1 Å². The SMILES string of the molecule is CNCc1cccc(OCc2cc(C)nn2C)c1. The largest absolute Gasteiger partial charge is 0.487 e. The van der Waals surface area contributed by atoms with E-state index in [9.17, 15) is 0 Å². The molecule has 0 unspecified atom stereocenters. The number of hydrogen-bond acceptors (Lipinski definition) is 3. The summed E-state index contributed by atoms with van der Waals surface area (Å²) in [6.07, 6.45) is 0. The van der Waals surface area contributed by atoms with Gasteiger partial charge in [0.15, 0.2) is 0 Å². The third kappa shape index (κ3) is 3.11. The van der Waals surface area contributed by atoms with Gasteiger partial charge in [0.05, 0.1) is 11.4 Å². The van der Waals surface area contributed by atoms with Crippen LogP contribution in [0.4, 0.5) is 0 Å². The fourth-order valence-electron chi connectivity index (χ4n) is 1.91. The molecule has 0 aliphatic heterocycles. The van der Waals surface area contributed by atoms with E-state index >= 15 is 0 Å². The minimum atomic E-state index is 0.542. The van der Waals surface area contributed by atoms with E-state index in [2.05, 4.69) is 22.5 Å². The molecule has 0 amide bonds. The zero-order valence-electron chi connectivity index (χ0n) is 11.1. The molecule has 4 heteroatoms. The van der Waals surface area contributed by atoms with Crippen molar-refractivity contribution in [2.45, 2.75) is 20.1 Å². The Bertz CT molecular complexity index is 520. The zero-order valence-corrected chi connectivity index (χ0v) is 11.1. The Morgan fingerprint density at radius 3 is 2.83 bits per heavy atom. The Balaban J connectivity index is 2.01. The normalized spacial score (nSPS) is 10.6. The van der Waals surface area contributed by atoms with Crippen LogP contribution < -0.4 is 10.1 Å². The molecule has 1 aromatic carbocycles. The highest BCUT2D eigenvalue weighted by Crippen LogP contribution is 2.15. The smallest absolute Gasteiger partial charge is 0.130 e. The van der Waals surface area contributed by atoms with Crippen LogP contribution in [0, 0.1) is 6.92 Å². The summed E-state index contributed by atoms with van der Waals surface area (Å²) in [6, 6.07) is 10.2. The highest BCUT2D eigenvalue weighted by Gasteiger charge is 2.03. The van der Waals surface area contributed by atoms with E-state index in [-0.39, 0.29) is 0 Å². The minimum Gasteiger partial charge on any atom is -0.487 e. The second-order valence-corrected chi connectivity index (χ2v) is 4.37. The molecule has 1 heterocycles. The average molecular weight is 245 g/mol. The number of nitrogens with one attached hydrogen (secondary N) is 1. The van der Waals surface area contributed by atoms with Crippen LogP contribution >= 0.6 is 0 Å². The molecular weight excluding hydrogens is 226 g/mol. The van der Waals surface area contributed by atoms with Crippen molar-refractivity contribution in [3.05, 3.63) is 47.3 Å². The summed E-state index contributed by atoms with van der Waals surface area (Å²) in [4.78, 5) is 0. The third-order valence-electron chi connectivity index (χ3n) is 2.76. The molecule has 2 aromatic rings. The summed E-state index contributed by atoms with van der Waals surface area (Å²) < 4.78 is 7.64. The van der Waals surface area contributed by atoms with Gasteiger partial charge in [0.1, 0.15) is 12.4 Å². The van der Waals surface area contributed by atoms with E-state index < -0.39 is 0 Å². The summed E-state index contributed by atoms with van der Waals surface area (Å²) in [5.41, 5.74) is 3.31. The van der Waals surface area contributed by atoms with Gasteiger partial charge in [-0.1, -0.05) is 12.1 Å². The zero-order chi connectivity index (χ0) is 13.0. The molecule has 1 N–H and O–H groups in total. The van der Waals surface area contributed by atoms with Gasteiger partial charge in [-0.15, -0.1) is 0 Å². The number of rotatable bonds is 5. The van der Waals surface area contributed by atoms with Crippen LogP contribution in [0.2, 0.25) is 0 Å². The van der Waals surface area contributed by atoms with Crippen molar-refractivity contribution in [1.29, 1.82) is 0 Å². The summed E-state index contributed by atoms with van der Waals surface area (Å²) in [7, 11) is 3.87. The number of nitrogens with zero attached hydrogens (tertiary/aromatic N) is 2. The maximum absolute atomic E-state index is 5.78. The first-order valence-corrected chi connectivity index (χ1v) is 6.05. The molecule has 1 aromatic heterocycles. The quantitative estimate of drug-likeness (QED) is 0.876. The molecule has 0 fully saturated rings. The molecular formula is C14H19N3O. The first kappa shape index (κ1) is 12.6. The number of benzene rings is 1. The predicted octanol–water partition coefficient (Wildman–Crippen LogP) is 2.03. The standard InChI is InChI=1S/C14H19N3O/c1-11-7-13(17(3)16-11)10-18-14-6-4-5-12(8-14)9-15-2/h4-8,15H,9-10H2,1-3H3. The van der Waals surface area contributed by atoms with Gasteiger partial charge in [0.25, 0.3) is 0 Å². The number of aromatic nitrogens is 2. The van der Waals surface area contributed by atoms with Crippen molar-refractivity contribution in [2.75, 3.05) is 7.05 Å². The van der Waals surface area contributed by atoms with Gasteiger partial charge in [-0.25, -0.2) is 0 Å². The third-order valence-corrected chi connectivity index (χ3v) is 2.76. The number of ether oxygens (including phenoxy) is 1. The Kier molecular flexibility index (Phi) is 3.99. The molecule has 0 spiro atoms. The number of aryl methyl sites for hydroxylation is 2. The molecule has 4 nitrogen and oxygen atoms in total. The van der Waals surface area contributed by atoms with Crippen LogP contribution in [0.1, 0.15) is 17.0 Å². The average Bonchev–Trinajstić information content (AvgIpc) is 2.66. The van der Waals surface area contributed by atoms with Gasteiger partial charge in [0, 0.05) is 13.6 Å². The van der Waals surface area contributed by atoms with E-state index in [0.29, 0.717) is 6.61 Å². The Hall–Kier alpha value is -1.81. The maximum Gasteiger partial charge on any atom is 0.130 e. The van der Waals surface area contributed by atoms with Crippen LogP contribution in [-0.2, 0) is 20.2 Å². The van der Waals surface area contributed by atoms with Gasteiger partial charge in [0.2, 0.25) is 0 Å². The summed E-state index contributed by atoms with van der Waals surface area (Å²) in [5.74, 6) is 0.890. The molecule has 2 rings (SSSR count). The van der Waals surface area contributed by atoms with E-state index in [1.54, 1.807) is 0 Å². The van der Waals surface area contributed by atoms with Crippen LogP contribution in [0.25, 0.3) is 0 Å². The van der Waals surface area contributed by atoms with Gasteiger partial charge in [-0.2, -0.15) is 5.10 Å². The highest BCUT2D eigenvalue weighted by atomic mass is 16.5. The second-order valence-electron chi connectivity index (χ2n) is 4.37. The fourth-order valence-corrected chi connectivity index (χ4v) is 1.91. The van der Waals surface area contributed by atoms with Crippen molar-refractivity contribution in [2.24, 2.45) is 7.05 Å². The lowest BCUT2D eigenvalue weighted by Crippen LogP contribution is -2.06. The maximum atomic E-state index is 5.78. The van der Waals surface area contributed by atoms with Gasteiger partial charge < -0.3 is 10.1 Å². The molecule has 0 atom stereocenters. The summed E-state index contributed by atoms with van der Waals surface area (Å²) in [5, 5.41) is 7.42. The molecule has 0 saturated carbocycles. The van der Waals surface area contributed by atoms with Crippen LogP contribution in [0.3, 0.4) is 0 Å². The lowest BCUT2D eigenvalue weighted by molar-refractivity contribution is 0.294. The van der Waals surface area contributed by atoms with Crippen molar-refractivity contribution in [3.63, 3.8) is 0 Å². The monoisotopic (exact) mass is 245 g/mol. The molecule has 0 aliphatic rings. The lowest BCUT2D eigenvalue weighted by Gasteiger charge is -2.08. The van der Waals surface area contributed by atoms with E-state index in [1.807, 2.05) is 43.9 Å². The van der Waals surface area contributed by atoms with Crippen LogP contribution in [0.5, 0.6) is 5.75 Å². The van der Waals surface area contributed by atoms with Crippen LogP contribution in [-0.4, -0.2) is 16.8 Å². The molecule has 0 aliphatic carbocycles. The molecule has 0 saturated heterocycles. The Morgan fingerprint density at radius 2 is 2.17 bits per heavy atom. The van der Waals surface area contributed by atoms with Gasteiger partial charge in [-0.3, -0.25) is 4.68 Å². The summed E-state index contributed by atoms with van der Waals surface area (Å²) in [6.45, 7) is 3.37. The first-order valence-electron chi connectivity index (χ1n) is 6.05. The topological polar surface area (TPSA) is 39.1 Å². The first-order chi connectivity index (χ1) is 8.69. The Labute approximate surface area is 108 Å². The van der Waals surface area contributed by atoms with Crippen molar-refractivity contribution < 1.29 is 4.74 Å². The van der Waals surface area contributed by atoms with E-state index in [1.165, 1.54) is 5.56 Å². The predicted molar refractivity (Wildman–Crippen MR) is 71.5 cm³/mol. The number of hydrogen-bond donors (Lipinski definition) is 1. The van der Waals surface area contributed by atoms with Crippen molar-refractivity contribution in [3.8, 4) is 5.75 Å². The molecule has 18 heavy (non-hydrogen) atoms. The second kappa shape index (κ2) is 5.69. The fraction of sp³-hybridized carbons (Fsp3) is 0.357. The molecule has 96 valence electrons. The Morgan fingerprint density at radius 1 is 1.33 bits per heavy atom. The van der Waals surface area contributed by atoms with Crippen LogP contribution in [0.15, 0.2) is 30.3 Å². The highest BCUT2D eigenvalue weighted by molar-refractivity contribution is 5.28. The van der Waals surface area contributed by atoms with Crippen molar-refractivity contribution >= 4 is 0 Å². The van der Waals surface area contributed by atoms with Gasteiger partial charge in [-0.05, 0) is 37.7 Å². The summed E-state index contributed by atoms with van der Waals surface area (Å²) >= 11 is 0. The molecule has 0 bridgehead atoms. The lowest BCUT2D eigenvalue weighted by atomic mass is 10.2. The minimum absolute atomic E-state index is 0.542. The van der Waals surface area contributed by atoms with E-state index in [0.717, 1.165) is 23.7 Å². The van der Waals surface area contributed by atoms with E-state index in [4.69, 9.17) is 4.74 Å².